The van der Waals surface area contributed by atoms with Gasteiger partial charge >= 0.3 is 0 Å². The Balaban J connectivity index is 1.88. The number of hydrogen-bond acceptors (Lipinski definition) is 4. The van der Waals surface area contributed by atoms with Gasteiger partial charge in [-0.25, -0.2) is 8.78 Å². The van der Waals surface area contributed by atoms with Crippen LogP contribution in [0.3, 0.4) is 0 Å². The van der Waals surface area contributed by atoms with E-state index in [2.05, 4.69) is 10.0 Å². The van der Waals surface area contributed by atoms with Crippen molar-refractivity contribution < 1.29 is 13.2 Å². The van der Waals surface area contributed by atoms with Crippen molar-refractivity contribution in [1.82, 2.24) is 5.32 Å². The second-order valence-corrected chi connectivity index (χ2v) is 6.01. The second-order valence-electron chi connectivity index (χ2n) is 5.17. The third-order valence-electron chi connectivity index (χ3n) is 3.42. The molecule has 0 aliphatic carbocycles. The predicted octanol–water partition coefficient (Wildman–Crippen LogP) is 5.06. The van der Waals surface area contributed by atoms with Crippen LogP contribution in [0.2, 0.25) is 0 Å². The minimum atomic E-state index is -0.599. The van der Waals surface area contributed by atoms with Gasteiger partial charge in [0.15, 0.2) is 0 Å². The number of rotatable bonds is 6. The van der Waals surface area contributed by atoms with Crippen LogP contribution in [0.4, 0.5) is 14.5 Å². The summed E-state index contributed by atoms with van der Waals surface area (Å²) in [5.74, 6) is -0.476. The van der Waals surface area contributed by atoms with E-state index in [1.165, 1.54) is 12.1 Å². The van der Waals surface area contributed by atoms with Gasteiger partial charge in [-0.15, -0.1) is 0 Å². The normalized spacial score (nSPS) is 10.8. The minimum absolute atomic E-state index is 0.320. The molecule has 0 saturated carbocycles. The van der Waals surface area contributed by atoms with Crippen molar-refractivity contribution in [2.45, 2.75) is 11.4 Å². The Morgan fingerprint density at radius 3 is 2.67 bits per heavy atom. The van der Waals surface area contributed by atoms with E-state index in [-0.39, 0.29) is 0 Å². The van der Waals surface area contributed by atoms with Gasteiger partial charge in [-0.1, -0.05) is 6.07 Å². The first-order valence-corrected chi connectivity index (χ1v) is 8.18. The predicted molar refractivity (Wildman–Crippen MR) is 92.7 cm³/mol. The van der Waals surface area contributed by atoms with E-state index in [4.69, 9.17) is 4.42 Å². The summed E-state index contributed by atoms with van der Waals surface area (Å²) in [5.41, 5.74) is 2.75. The highest BCUT2D eigenvalue weighted by Gasteiger charge is 2.11. The maximum atomic E-state index is 13.8. The molecule has 0 radical (unpaired) electrons. The van der Waals surface area contributed by atoms with Crippen LogP contribution in [-0.4, -0.2) is 7.05 Å². The third-order valence-corrected chi connectivity index (χ3v) is 4.29. The Morgan fingerprint density at radius 2 is 1.96 bits per heavy atom. The van der Waals surface area contributed by atoms with Gasteiger partial charge in [0.1, 0.15) is 17.4 Å². The molecule has 0 aliphatic heterocycles. The first kappa shape index (κ1) is 16.5. The van der Waals surface area contributed by atoms with Crippen LogP contribution in [0, 0.1) is 11.6 Å². The highest BCUT2D eigenvalue weighted by molar-refractivity contribution is 8.00. The van der Waals surface area contributed by atoms with Crippen LogP contribution in [0.25, 0.3) is 11.3 Å². The highest BCUT2D eigenvalue weighted by atomic mass is 32.2. The minimum Gasteiger partial charge on any atom is -0.464 e. The van der Waals surface area contributed by atoms with Gasteiger partial charge in [0.05, 0.1) is 16.8 Å². The Morgan fingerprint density at radius 1 is 1.08 bits per heavy atom. The van der Waals surface area contributed by atoms with Crippen molar-refractivity contribution in [3.05, 3.63) is 72.0 Å². The molecule has 6 heteroatoms. The highest BCUT2D eigenvalue weighted by Crippen LogP contribution is 2.33. The average molecular weight is 346 g/mol. The summed E-state index contributed by atoms with van der Waals surface area (Å²) in [6.45, 7) is 0.711. The third kappa shape index (κ3) is 3.77. The van der Waals surface area contributed by atoms with Crippen molar-refractivity contribution in [3.63, 3.8) is 0 Å². The van der Waals surface area contributed by atoms with Gasteiger partial charge in [0, 0.05) is 18.2 Å². The lowest BCUT2D eigenvalue weighted by atomic mass is 10.1. The van der Waals surface area contributed by atoms with Crippen molar-refractivity contribution in [2.24, 2.45) is 0 Å². The molecule has 24 heavy (non-hydrogen) atoms. The number of halogens is 2. The van der Waals surface area contributed by atoms with Gasteiger partial charge in [0.25, 0.3) is 0 Å². The summed E-state index contributed by atoms with van der Waals surface area (Å²) in [6, 6.07) is 13.1. The van der Waals surface area contributed by atoms with Crippen LogP contribution < -0.4 is 10.0 Å². The molecule has 0 aliphatic rings. The number of anilines is 1. The number of furan rings is 1. The van der Waals surface area contributed by atoms with Crippen molar-refractivity contribution in [1.29, 1.82) is 0 Å². The molecule has 0 spiro atoms. The molecule has 0 unspecified atom stereocenters. The van der Waals surface area contributed by atoms with Crippen molar-refractivity contribution in [2.75, 3.05) is 11.8 Å². The zero-order valence-electron chi connectivity index (χ0n) is 13.0. The quantitative estimate of drug-likeness (QED) is 0.612. The zero-order valence-corrected chi connectivity index (χ0v) is 13.8. The van der Waals surface area contributed by atoms with Crippen LogP contribution in [0.1, 0.15) is 5.56 Å². The van der Waals surface area contributed by atoms with E-state index < -0.39 is 11.6 Å². The lowest BCUT2D eigenvalue weighted by molar-refractivity contribution is 0.566. The summed E-state index contributed by atoms with van der Waals surface area (Å²) in [7, 11) is 1.87. The summed E-state index contributed by atoms with van der Waals surface area (Å²) >= 11 is 1.09. The van der Waals surface area contributed by atoms with E-state index in [9.17, 15) is 8.78 Å². The molecule has 0 atom stereocenters. The largest absolute Gasteiger partial charge is 0.464 e. The molecular weight excluding hydrogens is 330 g/mol. The summed E-state index contributed by atoms with van der Waals surface area (Å²) < 4.78 is 35.4. The van der Waals surface area contributed by atoms with E-state index >= 15 is 0 Å². The van der Waals surface area contributed by atoms with E-state index in [1.54, 1.807) is 6.26 Å². The van der Waals surface area contributed by atoms with Gasteiger partial charge in [-0.3, -0.25) is 0 Å². The lowest BCUT2D eigenvalue weighted by Crippen LogP contribution is -2.05. The molecule has 2 N–H and O–H groups in total. The summed E-state index contributed by atoms with van der Waals surface area (Å²) in [4.78, 5) is 0.320. The maximum absolute atomic E-state index is 13.8. The smallest absolute Gasteiger partial charge is 0.141 e. The fourth-order valence-corrected chi connectivity index (χ4v) is 2.99. The Kier molecular flexibility index (Phi) is 5.17. The number of nitrogens with one attached hydrogen (secondary N) is 2. The van der Waals surface area contributed by atoms with E-state index in [0.717, 1.165) is 34.8 Å². The molecule has 0 bridgehead atoms. The van der Waals surface area contributed by atoms with Gasteiger partial charge in [-0.05, 0) is 61.0 Å². The molecule has 0 fully saturated rings. The summed E-state index contributed by atoms with van der Waals surface area (Å²) in [6.07, 6.45) is 1.60. The Bertz CT molecular complexity index is 822. The zero-order chi connectivity index (χ0) is 16.9. The van der Waals surface area contributed by atoms with E-state index in [0.29, 0.717) is 17.2 Å². The monoisotopic (exact) mass is 346 g/mol. The topological polar surface area (TPSA) is 37.2 Å². The van der Waals surface area contributed by atoms with Crippen LogP contribution >= 0.6 is 11.9 Å². The standard InChI is InChI=1S/C18H16F2N2OS/c1-21-11-12-4-6-14(17-3-2-8-23-17)16(9-12)22-24-18-7-5-13(19)10-15(18)20/h2-10,21-22H,11H2,1H3. The number of hydrogen-bond donors (Lipinski definition) is 2. The average Bonchev–Trinajstić information content (AvgIpc) is 3.09. The van der Waals surface area contributed by atoms with Crippen LogP contribution in [-0.2, 0) is 6.54 Å². The van der Waals surface area contributed by atoms with Crippen LogP contribution in [0.15, 0.2) is 64.1 Å². The first-order chi connectivity index (χ1) is 11.7. The fraction of sp³-hybridized carbons (Fsp3) is 0.111. The molecule has 1 aromatic heterocycles. The van der Waals surface area contributed by atoms with Crippen molar-refractivity contribution in [3.8, 4) is 11.3 Å². The maximum Gasteiger partial charge on any atom is 0.141 e. The Hall–Kier alpha value is -2.31. The van der Waals surface area contributed by atoms with Gasteiger partial charge in [-0.2, -0.15) is 0 Å². The van der Waals surface area contributed by atoms with Crippen molar-refractivity contribution >= 4 is 17.6 Å². The molecule has 124 valence electrons. The molecule has 1 heterocycles. The molecular formula is C18H16F2N2OS. The Labute approximate surface area is 143 Å². The lowest BCUT2D eigenvalue weighted by Gasteiger charge is -2.12. The first-order valence-electron chi connectivity index (χ1n) is 7.36. The molecule has 3 nitrogen and oxygen atoms in total. The molecule has 2 aromatic carbocycles. The SMILES string of the molecule is CNCc1ccc(-c2ccco2)c(NSc2ccc(F)cc2F)c1. The molecule has 3 aromatic rings. The molecule has 3 rings (SSSR count). The molecule has 0 amide bonds. The fourth-order valence-electron chi connectivity index (χ4n) is 2.30. The summed E-state index contributed by atoms with van der Waals surface area (Å²) in [5, 5.41) is 3.09. The van der Waals surface area contributed by atoms with Gasteiger partial charge < -0.3 is 14.5 Å². The second kappa shape index (κ2) is 7.51. The molecule has 0 saturated heterocycles. The van der Waals surface area contributed by atoms with Gasteiger partial charge in [0.2, 0.25) is 0 Å². The number of benzene rings is 2. The van der Waals surface area contributed by atoms with Crippen LogP contribution in [0.5, 0.6) is 0 Å². The van der Waals surface area contributed by atoms with E-state index in [1.807, 2.05) is 37.4 Å².